The summed E-state index contributed by atoms with van der Waals surface area (Å²) in [5.74, 6) is 1.38. The van der Waals surface area contributed by atoms with Crippen molar-refractivity contribution in [3.8, 4) is 0 Å². The van der Waals surface area contributed by atoms with Crippen molar-refractivity contribution in [3.05, 3.63) is 95.6 Å². The number of nitrogens with one attached hydrogen (secondary N) is 1. The second-order valence-corrected chi connectivity index (χ2v) is 5.24. The molecular formula is C20H23Cl2NTi. The number of halogens is 2. The maximum absolute atomic E-state index is 7.00. The summed E-state index contributed by atoms with van der Waals surface area (Å²) in [6, 6.07) is 17.7. The molecule has 0 saturated heterocycles. The topological polar surface area (TPSA) is 23.8 Å². The zero-order valence-corrected chi connectivity index (χ0v) is 17.1. The van der Waals surface area contributed by atoms with Crippen LogP contribution in [0.4, 0.5) is 5.69 Å². The monoisotopic (exact) mass is 395 g/mol. The Kier molecular flexibility index (Phi) is 13.8. The van der Waals surface area contributed by atoms with Crippen LogP contribution in [0.2, 0.25) is 0 Å². The number of rotatable bonds is 2. The summed E-state index contributed by atoms with van der Waals surface area (Å²) in [5.41, 5.74) is 11.8. The first-order valence-corrected chi connectivity index (χ1v) is 7.21. The van der Waals surface area contributed by atoms with Gasteiger partial charge in [0.05, 0.1) is 0 Å². The van der Waals surface area contributed by atoms with Crippen LogP contribution in [0.25, 0.3) is 11.3 Å². The van der Waals surface area contributed by atoms with Crippen LogP contribution in [0.3, 0.4) is 0 Å². The van der Waals surface area contributed by atoms with Crippen molar-refractivity contribution in [2.24, 2.45) is 0 Å². The van der Waals surface area contributed by atoms with Gasteiger partial charge in [0.1, 0.15) is 0 Å². The SMILES string of the molecule is C[C-](C)c1ccccc1C1=CC=CC1.Cl.Cl.[NH-]c1ccccc1.[Ti+2]. The summed E-state index contributed by atoms with van der Waals surface area (Å²) in [6.07, 6.45) is 7.63. The summed E-state index contributed by atoms with van der Waals surface area (Å²) >= 11 is 0. The summed E-state index contributed by atoms with van der Waals surface area (Å²) in [6.45, 7) is 4.34. The Hall–Kier alpha value is -1.12. The second kappa shape index (κ2) is 13.2. The molecule has 0 bridgehead atoms. The van der Waals surface area contributed by atoms with Crippen molar-refractivity contribution >= 4 is 36.1 Å². The van der Waals surface area contributed by atoms with Gasteiger partial charge in [0.15, 0.2) is 0 Å². The van der Waals surface area contributed by atoms with Crippen LogP contribution >= 0.6 is 24.8 Å². The largest absolute Gasteiger partial charge is 2.00 e. The molecule has 0 spiro atoms. The van der Waals surface area contributed by atoms with E-state index in [0.29, 0.717) is 5.69 Å². The van der Waals surface area contributed by atoms with Gasteiger partial charge in [0.2, 0.25) is 0 Å². The van der Waals surface area contributed by atoms with Gasteiger partial charge in [0.25, 0.3) is 0 Å². The molecule has 1 aliphatic carbocycles. The van der Waals surface area contributed by atoms with Crippen molar-refractivity contribution < 1.29 is 21.7 Å². The summed E-state index contributed by atoms with van der Waals surface area (Å²) < 4.78 is 0. The van der Waals surface area contributed by atoms with E-state index in [9.17, 15) is 0 Å². The first-order chi connectivity index (χ1) is 10.2. The molecule has 24 heavy (non-hydrogen) atoms. The van der Waals surface area contributed by atoms with E-state index in [1.54, 1.807) is 12.1 Å². The molecule has 0 aromatic heterocycles. The van der Waals surface area contributed by atoms with Crippen LogP contribution in [0.1, 0.15) is 31.4 Å². The standard InChI is InChI=1S/C14H15.C6H6N.2ClH.Ti/c1-11(2)13-9-5-6-10-14(13)12-7-3-4-8-12;7-6-4-2-1-3-5-6;;;/h3-7,9-10H,8H2,1-2H3;1-5,7H;2*1H;/q2*-1;;;+2. The molecule has 0 unspecified atom stereocenters. The Bertz CT molecular complexity index is 637. The number of hydrogen-bond acceptors (Lipinski definition) is 0. The van der Waals surface area contributed by atoms with Gasteiger partial charge in [-0.3, -0.25) is 0 Å². The predicted molar refractivity (Wildman–Crippen MR) is 107 cm³/mol. The average Bonchev–Trinajstić information content (AvgIpc) is 3.03. The zero-order chi connectivity index (χ0) is 15.1. The quantitative estimate of drug-likeness (QED) is 0.379. The molecule has 4 heteroatoms. The van der Waals surface area contributed by atoms with Gasteiger partial charge >= 0.3 is 21.7 Å². The van der Waals surface area contributed by atoms with E-state index >= 15 is 0 Å². The van der Waals surface area contributed by atoms with E-state index in [1.807, 2.05) is 18.2 Å². The number of allylic oxidation sites excluding steroid dienone is 4. The molecule has 0 fully saturated rings. The molecule has 1 aliphatic rings. The molecule has 3 rings (SSSR count). The number of benzene rings is 2. The minimum atomic E-state index is 0. The van der Waals surface area contributed by atoms with Crippen LogP contribution < -0.4 is 0 Å². The van der Waals surface area contributed by atoms with E-state index in [4.69, 9.17) is 5.73 Å². The van der Waals surface area contributed by atoms with Gasteiger partial charge < -0.3 is 5.73 Å². The minimum absolute atomic E-state index is 0. The molecular weight excluding hydrogens is 373 g/mol. The van der Waals surface area contributed by atoms with Crippen LogP contribution in [0.15, 0.2) is 72.8 Å². The van der Waals surface area contributed by atoms with Crippen LogP contribution in [0.5, 0.6) is 0 Å². The molecule has 1 nitrogen and oxygen atoms in total. The van der Waals surface area contributed by atoms with Crippen LogP contribution in [0, 0.1) is 5.92 Å². The molecule has 0 saturated carbocycles. The van der Waals surface area contributed by atoms with Crippen molar-refractivity contribution in [2.75, 3.05) is 0 Å². The van der Waals surface area contributed by atoms with E-state index in [2.05, 4.69) is 56.3 Å². The van der Waals surface area contributed by atoms with Gasteiger partial charge in [-0.1, -0.05) is 74.0 Å². The van der Waals surface area contributed by atoms with E-state index in [0.717, 1.165) is 6.42 Å². The first-order valence-electron chi connectivity index (χ1n) is 7.21. The van der Waals surface area contributed by atoms with Gasteiger partial charge in [0, 0.05) is 0 Å². The molecule has 0 amide bonds. The molecule has 1 N–H and O–H groups in total. The third kappa shape index (κ3) is 7.64. The molecule has 0 aliphatic heterocycles. The summed E-state index contributed by atoms with van der Waals surface area (Å²) in [5, 5.41) is 0. The fourth-order valence-electron chi connectivity index (χ4n) is 2.28. The van der Waals surface area contributed by atoms with Gasteiger partial charge in [-0.2, -0.15) is 17.5 Å². The zero-order valence-electron chi connectivity index (χ0n) is 14.0. The van der Waals surface area contributed by atoms with Crippen molar-refractivity contribution in [1.82, 2.24) is 0 Å². The Balaban J connectivity index is 0. The Morgan fingerprint density at radius 3 is 1.92 bits per heavy atom. The van der Waals surface area contributed by atoms with Crippen molar-refractivity contribution in [3.63, 3.8) is 0 Å². The molecule has 2 aromatic rings. The average molecular weight is 396 g/mol. The second-order valence-electron chi connectivity index (χ2n) is 5.24. The van der Waals surface area contributed by atoms with Crippen LogP contribution in [-0.2, 0) is 21.7 Å². The molecule has 126 valence electrons. The summed E-state index contributed by atoms with van der Waals surface area (Å²) in [7, 11) is 0. The Morgan fingerprint density at radius 2 is 1.46 bits per heavy atom. The molecule has 0 radical (unpaired) electrons. The maximum Gasteiger partial charge on any atom is 2.00 e. The normalized spacial score (nSPS) is 10.8. The Labute approximate surface area is 173 Å². The van der Waals surface area contributed by atoms with E-state index < -0.39 is 0 Å². The van der Waals surface area contributed by atoms with Crippen LogP contribution in [-0.4, -0.2) is 0 Å². The van der Waals surface area contributed by atoms with E-state index in [1.165, 1.54) is 22.6 Å². The van der Waals surface area contributed by atoms with Crippen molar-refractivity contribution in [2.45, 2.75) is 20.3 Å². The fraction of sp³-hybridized carbons (Fsp3) is 0.150. The minimum Gasteiger partial charge on any atom is -0.699 e. The van der Waals surface area contributed by atoms with E-state index in [-0.39, 0.29) is 46.5 Å². The Morgan fingerprint density at radius 1 is 0.875 bits per heavy atom. The number of hydrogen-bond donors (Lipinski definition) is 0. The maximum atomic E-state index is 7.00. The fourth-order valence-corrected chi connectivity index (χ4v) is 2.28. The van der Waals surface area contributed by atoms with Crippen molar-refractivity contribution in [1.29, 1.82) is 0 Å². The first kappa shape index (κ1) is 25.1. The van der Waals surface area contributed by atoms with Gasteiger partial charge in [-0.15, -0.1) is 48.2 Å². The predicted octanol–water partition coefficient (Wildman–Crippen LogP) is 7.20. The molecule has 2 aromatic carbocycles. The summed E-state index contributed by atoms with van der Waals surface area (Å²) in [4.78, 5) is 0. The van der Waals surface area contributed by atoms with Gasteiger partial charge in [-0.05, 0) is 6.42 Å². The third-order valence-electron chi connectivity index (χ3n) is 3.36. The van der Waals surface area contributed by atoms with Gasteiger partial charge in [-0.25, -0.2) is 0 Å². The molecule has 0 atom stereocenters. The molecule has 0 heterocycles. The smallest absolute Gasteiger partial charge is 0.699 e. The third-order valence-corrected chi connectivity index (χ3v) is 3.36.